The first-order valence-electron chi connectivity index (χ1n) is 8.36. The fraction of sp³-hybridized carbons (Fsp3) is 0.300. The van der Waals surface area contributed by atoms with Crippen LogP contribution >= 0.6 is 12.2 Å². The van der Waals surface area contributed by atoms with Gasteiger partial charge in [0.2, 0.25) is 0 Å². The van der Waals surface area contributed by atoms with Crippen molar-refractivity contribution in [3.63, 3.8) is 0 Å². The van der Waals surface area contributed by atoms with Crippen LogP contribution in [0.25, 0.3) is 0 Å². The molecular formula is C20H24N2O2S. The largest absolute Gasteiger partial charge is 0.494 e. The van der Waals surface area contributed by atoms with Crippen molar-refractivity contribution in [3.8, 4) is 5.75 Å². The molecule has 0 atom stereocenters. The van der Waals surface area contributed by atoms with E-state index in [1.807, 2.05) is 31.2 Å². The Kier molecular flexibility index (Phi) is 6.95. The summed E-state index contributed by atoms with van der Waals surface area (Å²) in [6, 6.07) is 14.8. The van der Waals surface area contributed by atoms with Crippen LogP contribution in [-0.2, 0) is 0 Å². The predicted octanol–water partition coefficient (Wildman–Crippen LogP) is 4.55. The number of carbonyl (C=O) groups is 1. The second kappa shape index (κ2) is 9.18. The zero-order valence-electron chi connectivity index (χ0n) is 14.8. The molecule has 0 aromatic heterocycles. The molecule has 2 N–H and O–H groups in total. The van der Waals surface area contributed by atoms with Crippen molar-refractivity contribution in [2.75, 3.05) is 11.9 Å². The van der Waals surface area contributed by atoms with Crippen LogP contribution in [0.2, 0.25) is 0 Å². The lowest BCUT2D eigenvalue weighted by Gasteiger charge is -2.11. The Balaban J connectivity index is 1.85. The molecule has 0 saturated heterocycles. The van der Waals surface area contributed by atoms with E-state index in [4.69, 9.17) is 17.0 Å². The third-order valence-corrected chi connectivity index (χ3v) is 3.82. The molecule has 0 radical (unpaired) electrons. The van der Waals surface area contributed by atoms with E-state index in [2.05, 4.69) is 24.5 Å². The number of anilines is 1. The molecule has 0 aliphatic heterocycles. The molecule has 0 saturated carbocycles. The SMILES string of the molecule is Cc1ccc(NC(=S)NC(=O)c2ccc(OCCC(C)C)cc2)cc1. The Hall–Kier alpha value is -2.40. The number of benzene rings is 2. The van der Waals surface area contributed by atoms with Gasteiger partial charge in [-0.2, -0.15) is 0 Å². The topological polar surface area (TPSA) is 50.4 Å². The van der Waals surface area contributed by atoms with Crippen molar-refractivity contribution in [3.05, 3.63) is 59.7 Å². The van der Waals surface area contributed by atoms with E-state index in [1.165, 1.54) is 0 Å². The van der Waals surface area contributed by atoms with Gasteiger partial charge in [0.25, 0.3) is 5.91 Å². The smallest absolute Gasteiger partial charge is 0.257 e. The minimum atomic E-state index is -0.252. The van der Waals surface area contributed by atoms with Crippen LogP contribution in [0.15, 0.2) is 48.5 Å². The third kappa shape index (κ3) is 6.55. The van der Waals surface area contributed by atoms with E-state index in [0.717, 1.165) is 23.4 Å². The molecule has 0 bridgehead atoms. The lowest BCUT2D eigenvalue weighted by molar-refractivity contribution is 0.0977. The maximum atomic E-state index is 12.2. The van der Waals surface area contributed by atoms with E-state index in [0.29, 0.717) is 18.1 Å². The average Bonchev–Trinajstić information content (AvgIpc) is 2.57. The van der Waals surface area contributed by atoms with E-state index in [9.17, 15) is 4.79 Å². The van der Waals surface area contributed by atoms with Crippen LogP contribution in [-0.4, -0.2) is 17.6 Å². The fourth-order valence-electron chi connectivity index (χ4n) is 2.09. The third-order valence-electron chi connectivity index (χ3n) is 3.62. The normalized spacial score (nSPS) is 10.4. The molecule has 25 heavy (non-hydrogen) atoms. The Morgan fingerprint density at radius 2 is 1.72 bits per heavy atom. The number of carbonyl (C=O) groups excluding carboxylic acids is 1. The highest BCUT2D eigenvalue weighted by molar-refractivity contribution is 7.80. The summed E-state index contributed by atoms with van der Waals surface area (Å²) in [6.45, 7) is 7.00. The molecule has 0 aliphatic rings. The summed E-state index contributed by atoms with van der Waals surface area (Å²) in [5.74, 6) is 1.11. The molecule has 5 heteroatoms. The van der Waals surface area contributed by atoms with Gasteiger partial charge in [-0.3, -0.25) is 10.1 Å². The van der Waals surface area contributed by atoms with Gasteiger partial charge in [-0.05, 0) is 67.9 Å². The van der Waals surface area contributed by atoms with Crippen molar-refractivity contribution in [1.29, 1.82) is 0 Å². The Morgan fingerprint density at radius 1 is 1.08 bits per heavy atom. The van der Waals surface area contributed by atoms with Crippen LogP contribution in [0, 0.1) is 12.8 Å². The van der Waals surface area contributed by atoms with Gasteiger partial charge < -0.3 is 10.1 Å². The summed E-state index contributed by atoms with van der Waals surface area (Å²) in [7, 11) is 0. The van der Waals surface area contributed by atoms with Crippen LogP contribution in [0.3, 0.4) is 0 Å². The fourth-order valence-corrected chi connectivity index (χ4v) is 2.30. The molecule has 2 rings (SSSR count). The van der Waals surface area contributed by atoms with Gasteiger partial charge in [0, 0.05) is 11.3 Å². The summed E-state index contributed by atoms with van der Waals surface area (Å²) < 4.78 is 5.65. The number of amides is 1. The van der Waals surface area contributed by atoms with Crippen molar-refractivity contribution in [1.82, 2.24) is 5.32 Å². The van der Waals surface area contributed by atoms with Crippen molar-refractivity contribution >= 4 is 28.9 Å². The molecule has 2 aromatic carbocycles. The summed E-state index contributed by atoms with van der Waals surface area (Å²) in [5.41, 5.74) is 2.53. The highest BCUT2D eigenvalue weighted by atomic mass is 32.1. The number of aryl methyl sites for hydroxylation is 1. The monoisotopic (exact) mass is 356 g/mol. The van der Waals surface area contributed by atoms with Gasteiger partial charge >= 0.3 is 0 Å². The predicted molar refractivity (Wildman–Crippen MR) is 106 cm³/mol. The molecule has 0 fully saturated rings. The standard InChI is InChI=1S/C20H24N2O2S/c1-14(2)12-13-24-18-10-6-16(7-11-18)19(23)22-20(25)21-17-8-4-15(3)5-9-17/h4-11,14H,12-13H2,1-3H3,(H2,21,22,23,25). The molecule has 1 amide bonds. The van der Waals surface area contributed by atoms with Gasteiger partial charge in [-0.25, -0.2) is 0 Å². The van der Waals surface area contributed by atoms with Gasteiger partial charge in [-0.15, -0.1) is 0 Å². The van der Waals surface area contributed by atoms with Crippen molar-refractivity contribution < 1.29 is 9.53 Å². The lowest BCUT2D eigenvalue weighted by Crippen LogP contribution is -2.34. The summed E-state index contributed by atoms with van der Waals surface area (Å²) in [4.78, 5) is 12.2. The Bertz CT molecular complexity index is 709. The van der Waals surface area contributed by atoms with E-state index < -0.39 is 0 Å². The molecule has 132 valence electrons. The van der Waals surface area contributed by atoms with Crippen LogP contribution < -0.4 is 15.4 Å². The minimum Gasteiger partial charge on any atom is -0.494 e. The number of hydrogen-bond donors (Lipinski definition) is 2. The maximum absolute atomic E-state index is 12.2. The number of rotatable bonds is 6. The van der Waals surface area contributed by atoms with Crippen molar-refractivity contribution in [2.24, 2.45) is 5.92 Å². The zero-order valence-corrected chi connectivity index (χ0v) is 15.7. The second-order valence-corrected chi connectivity index (χ2v) is 6.74. The zero-order chi connectivity index (χ0) is 18.2. The van der Waals surface area contributed by atoms with Crippen molar-refractivity contribution in [2.45, 2.75) is 27.2 Å². The van der Waals surface area contributed by atoms with Gasteiger partial charge in [-0.1, -0.05) is 31.5 Å². The Labute approximate surface area is 154 Å². The second-order valence-electron chi connectivity index (χ2n) is 6.33. The molecular weight excluding hydrogens is 332 g/mol. The number of ether oxygens (including phenoxy) is 1. The summed E-state index contributed by atoms with van der Waals surface area (Å²) >= 11 is 5.18. The average molecular weight is 356 g/mol. The number of thiocarbonyl (C=S) groups is 1. The number of nitrogens with one attached hydrogen (secondary N) is 2. The first-order valence-corrected chi connectivity index (χ1v) is 8.76. The van der Waals surface area contributed by atoms with Gasteiger partial charge in [0.05, 0.1) is 6.61 Å². The minimum absolute atomic E-state index is 0.252. The van der Waals surface area contributed by atoms with E-state index >= 15 is 0 Å². The highest BCUT2D eigenvalue weighted by Gasteiger charge is 2.08. The summed E-state index contributed by atoms with van der Waals surface area (Å²) in [6.07, 6.45) is 1.00. The quantitative estimate of drug-likeness (QED) is 0.746. The molecule has 0 aliphatic carbocycles. The molecule has 0 unspecified atom stereocenters. The molecule has 2 aromatic rings. The van der Waals surface area contributed by atoms with Crippen LogP contribution in [0.4, 0.5) is 5.69 Å². The first-order chi connectivity index (χ1) is 11.9. The van der Waals surface area contributed by atoms with E-state index in [-0.39, 0.29) is 11.0 Å². The number of hydrogen-bond acceptors (Lipinski definition) is 3. The van der Waals surface area contributed by atoms with Gasteiger partial charge in [0.15, 0.2) is 5.11 Å². The maximum Gasteiger partial charge on any atom is 0.257 e. The van der Waals surface area contributed by atoms with Gasteiger partial charge in [0.1, 0.15) is 5.75 Å². The molecule has 0 heterocycles. The highest BCUT2D eigenvalue weighted by Crippen LogP contribution is 2.14. The molecule has 4 nitrogen and oxygen atoms in total. The van der Waals surface area contributed by atoms with Crippen LogP contribution in [0.5, 0.6) is 5.75 Å². The Morgan fingerprint density at radius 3 is 2.32 bits per heavy atom. The summed E-state index contributed by atoms with van der Waals surface area (Å²) in [5, 5.41) is 5.94. The molecule has 0 spiro atoms. The van der Waals surface area contributed by atoms with Crippen LogP contribution in [0.1, 0.15) is 36.2 Å². The first kappa shape index (κ1) is 18.9. The lowest BCUT2D eigenvalue weighted by atomic mass is 10.1. The van der Waals surface area contributed by atoms with E-state index in [1.54, 1.807) is 24.3 Å².